The zero-order valence-corrected chi connectivity index (χ0v) is 14.6. The minimum Gasteiger partial charge on any atom is -0.480 e. The van der Waals surface area contributed by atoms with E-state index >= 15 is 0 Å². The van der Waals surface area contributed by atoms with E-state index < -0.39 is 12.0 Å². The molecule has 0 spiro atoms. The predicted molar refractivity (Wildman–Crippen MR) is 108 cm³/mol. The number of carbonyl (C=O) groups excluding carboxylic acids is 1. The van der Waals surface area contributed by atoms with Gasteiger partial charge >= 0.3 is 5.97 Å². The summed E-state index contributed by atoms with van der Waals surface area (Å²) in [5.74, 6) is -1.01. The fourth-order valence-corrected chi connectivity index (χ4v) is 2.82. The maximum absolute atomic E-state index is 10.7. The number of benzene rings is 4. The zero-order valence-electron chi connectivity index (χ0n) is 14.6. The average molecular weight is 357 g/mol. The molecule has 0 amide bonds. The van der Waals surface area contributed by atoms with Gasteiger partial charge in [-0.05, 0) is 39.2 Å². The molecular formula is C23H19NO3. The third-order valence-electron chi connectivity index (χ3n) is 4.31. The largest absolute Gasteiger partial charge is 0.480 e. The van der Waals surface area contributed by atoms with Crippen LogP contribution < -0.4 is 5.73 Å². The van der Waals surface area contributed by atoms with E-state index in [1.165, 1.54) is 5.39 Å². The number of carboxylic acid groups (broad SMARTS) is 1. The molecule has 0 saturated carbocycles. The van der Waals surface area contributed by atoms with Crippen molar-refractivity contribution in [3.63, 3.8) is 0 Å². The molecule has 0 aliphatic carbocycles. The highest BCUT2D eigenvalue weighted by molar-refractivity contribution is 5.88. The summed E-state index contributed by atoms with van der Waals surface area (Å²) in [4.78, 5) is 21.2. The van der Waals surface area contributed by atoms with Gasteiger partial charge in [-0.15, -0.1) is 0 Å². The molecule has 27 heavy (non-hydrogen) atoms. The number of fused-ring (bicyclic) bond motifs is 2. The molecule has 0 fully saturated rings. The fraction of sp³-hybridized carbons (Fsp3) is 0.0435. The summed E-state index contributed by atoms with van der Waals surface area (Å²) in [5.41, 5.74) is 6.89. The number of aldehydes is 1. The van der Waals surface area contributed by atoms with Crippen LogP contribution in [0.15, 0.2) is 84.9 Å². The summed E-state index contributed by atoms with van der Waals surface area (Å²) in [6.45, 7) is 0. The van der Waals surface area contributed by atoms with Crippen molar-refractivity contribution >= 4 is 33.8 Å². The molecule has 0 heterocycles. The first kappa shape index (κ1) is 18.3. The molecule has 0 bridgehead atoms. The molecule has 0 radical (unpaired) electrons. The first-order valence-corrected chi connectivity index (χ1v) is 8.49. The monoisotopic (exact) mass is 357 g/mol. The predicted octanol–water partition coefficient (Wildman–Crippen LogP) is 4.58. The van der Waals surface area contributed by atoms with Gasteiger partial charge in [-0.3, -0.25) is 9.59 Å². The molecule has 0 aromatic heterocycles. The Labute approximate surface area is 156 Å². The highest BCUT2D eigenvalue weighted by atomic mass is 16.4. The summed E-state index contributed by atoms with van der Waals surface area (Å²) in [5, 5.41) is 13.2. The van der Waals surface area contributed by atoms with Gasteiger partial charge in [-0.1, -0.05) is 72.8 Å². The van der Waals surface area contributed by atoms with Crippen LogP contribution in [0.4, 0.5) is 0 Å². The summed E-state index contributed by atoms with van der Waals surface area (Å²) in [7, 11) is 0. The summed E-state index contributed by atoms with van der Waals surface area (Å²) in [6, 6.07) is 25.9. The molecule has 0 saturated heterocycles. The van der Waals surface area contributed by atoms with Crippen LogP contribution in [0.5, 0.6) is 0 Å². The van der Waals surface area contributed by atoms with Gasteiger partial charge in [0.2, 0.25) is 0 Å². The summed E-state index contributed by atoms with van der Waals surface area (Å²) in [6.07, 6.45) is 0.867. The van der Waals surface area contributed by atoms with Crippen molar-refractivity contribution in [1.82, 2.24) is 0 Å². The molecule has 1 atom stereocenters. The van der Waals surface area contributed by atoms with E-state index in [9.17, 15) is 9.59 Å². The first-order chi connectivity index (χ1) is 13.1. The zero-order chi connectivity index (χ0) is 19.2. The quantitative estimate of drug-likeness (QED) is 0.526. The first-order valence-electron chi connectivity index (χ1n) is 8.49. The summed E-state index contributed by atoms with van der Waals surface area (Å²) < 4.78 is 0. The van der Waals surface area contributed by atoms with E-state index in [4.69, 9.17) is 10.8 Å². The number of carbonyl (C=O) groups is 2. The SMILES string of the molecule is NC(C(=O)O)c1ccc2ccccc2c1.O=Cc1ccc2ccccc2c1. The maximum atomic E-state index is 10.7. The molecule has 4 heteroatoms. The van der Waals surface area contributed by atoms with Gasteiger partial charge in [0.05, 0.1) is 0 Å². The Morgan fingerprint density at radius 2 is 1.30 bits per heavy atom. The van der Waals surface area contributed by atoms with Gasteiger partial charge in [-0.2, -0.15) is 0 Å². The minimum absolute atomic E-state index is 0.626. The van der Waals surface area contributed by atoms with Crippen LogP contribution in [0.25, 0.3) is 21.5 Å². The Bertz CT molecular complexity index is 1100. The van der Waals surface area contributed by atoms with E-state index in [0.29, 0.717) is 5.56 Å². The normalized spacial score (nSPS) is 11.4. The minimum atomic E-state index is -1.01. The van der Waals surface area contributed by atoms with Gasteiger partial charge in [0.25, 0.3) is 0 Å². The van der Waals surface area contributed by atoms with Gasteiger partial charge in [0.1, 0.15) is 12.3 Å². The van der Waals surface area contributed by atoms with E-state index in [1.807, 2.05) is 78.9 Å². The Hall–Kier alpha value is -3.50. The molecule has 1 unspecified atom stereocenters. The molecule has 0 aliphatic heterocycles. The van der Waals surface area contributed by atoms with Gasteiger partial charge in [0.15, 0.2) is 0 Å². The topological polar surface area (TPSA) is 80.4 Å². The van der Waals surface area contributed by atoms with Crippen molar-refractivity contribution in [1.29, 1.82) is 0 Å². The molecule has 4 aromatic carbocycles. The third kappa shape index (κ3) is 4.37. The van der Waals surface area contributed by atoms with Crippen LogP contribution in [0.1, 0.15) is 22.0 Å². The van der Waals surface area contributed by atoms with Crippen molar-refractivity contribution in [3.8, 4) is 0 Å². The highest BCUT2D eigenvalue weighted by Gasteiger charge is 2.13. The average Bonchev–Trinajstić information content (AvgIpc) is 2.72. The number of hydrogen-bond acceptors (Lipinski definition) is 3. The Kier molecular flexibility index (Phi) is 5.59. The molecule has 4 aromatic rings. The maximum Gasteiger partial charge on any atom is 0.325 e. The molecule has 4 nitrogen and oxygen atoms in total. The lowest BCUT2D eigenvalue weighted by atomic mass is 10.0. The van der Waals surface area contributed by atoms with E-state index in [1.54, 1.807) is 6.07 Å². The lowest BCUT2D eigenvalue weighted by Crippen LogP contribution is -2.20. The standard InChI is InChI=1S/C12H11NO2.C11H8O/c13-11(12(14)15)10-6-5-8-3-1-2-4-9(8)7-10;12-8-9-5-6-10-3-1-2-4-11(10)7-9/h1-7,11H,13H2,(H,14,15);1-8H. The third-order valence-corrected chi connectivity index (χ3v) is 4.31. The number of aliphatic carboxylic acids is 1. The molecule has 134 valence electrons. The van der Waals surface area contributed by atoms with Crippen molar-refractivity contribution in [2.75, 3.05) is 0 Å². The lowest BCUT2D eigenvalue weighted by Gasteiger charge is -2.07. The van der Waals surface area contributed by atoms with Crippen LogP contribution in [0, 0.1) is 0 Å². The summed E-state index contributed by atoms with van der Waals surface area (Å²) >= 11 is 0. The van der Waals surface area contributed by atoms with Crippen LogP contribution >= 0.6 is 0 Å². The Balaban J connectivity index is 0.000000159. The van der Waals surface area contributed by atoms with E-state index in [2.05, 4.69) is 0 Å². The van der Waals surface area contributed by atoms with Crippen molar-refractivity contribution in [2.45, 2.75) is 6.04 Å². The lowest BCUT2D eigenvalue weighted by molar-refractivity contribution is -0.138. The fourth-order valence-electron chi connectivity index (χ4n) is 2.82. The smallest absolute Gasteiger partial charge is 0.325 e. The number of rotatable bonds is 3. The highest BCUT2D eigenvalue weighted by Crippen LogP contribution is 2.19. The van der Waals surface area contributed by atoms with Gasteiger partial charge in [0, 0.05) is 5.56 Å². The van der Waals surface area contributed by atoms with Crippen LogP contribution in [-0.2, 0) is 4.79 Å². The second kappa shape index (κ2) is 8.25. The van der Waals surface area contributed by atoms with E-state index in [0.717, 1.165) is 28.0 Å². The van der Waals surface area contributed by atoms with Gasteiger partial charge in [-0.25, -0.2) is 0 Å². The molecule has 3 N–H and O–H groups in total. The number of hydrogen-bond donors (Lipinski definition) is 2. The van der Waals surface area contributed by atoms with Gasteiger partial charge < -0.3 is 10.8 Å². The van der Waals surface area contributed by atoms with Crippen LogP contribution in [-0.4, -0.2) is 17.4 Å². The van der Waals surface area contributed by atoms with Crippen LogP contribution in [0.2, 0.25) is 0 Å². The van der Waals surface area contributed by atoms with Crippen molar-refractivity contribution in [2.24, 2.45) is 5.73 Å². The molecule has 4 rings (SSSR count). The van der Waals surface area contributed by atoms with E-state index in [-0.39, 0.29) is 0 Å². The second-order valence-electron chi connectivity index (χ2n) is 6.15. The molecule has 0 aliphatic rings. The number of carboxylic acids is 1. The number of nitrogens with two attached hydrogens (primary N) is 1. The van der Waals surface area contributed by atoms with Crippen LogP contribution in [0.3, 0.4) is 0 Å². The Morgan fingerprint density at radius 1 is 0.778 bits per heavy atom. The Morgan fingerprint density at radius 3 is 1.85 bits per heavy atom. The second-order valence-corrected chi connectivity index (χ2v) is 6.15. The molecular weight excluding hydrogens is 338 g/mol. The van der Waals surface area contributed by atoms with Crippen molar-refractivity contribution < 1.29 is 14.7 Å². The van der Waals surface area contributed by atoms with Crippen molar-refractivity contribution in [3.05, 3.63) is 96.1 Å².